The molecule has 2 aromatic carbocycles. The molecule has 1 atom stereocenters. The number of rotatable bonds is 5. The Morgan fingerprint density at radius 3 is 2.50 bits per heavy atom. The number of methoxy groups -OCH3 is 1. The van der Waals surface area contributed by atoms with Gasteiger partial charge in [0.25, 0.3) is 0 Å². The molecular weight excluding hydrogens is 409 g/mol. The van der Waals surface area contributed by atoms with E-state index in [9.17, 15) is 14.0 Å². The first-order valence-corrected chi connectivity index (χ1v) is 11.1. The summed E-state index contributed by atoms with van der Waals surface area (Å²) in [5.74, 6) is -0.0309. The van der Waals surface area contributed by atoms with Crippen LogP contribution in [0.25, 0.3) is 0 Å². The van der Waals surface area contributed by atoms with Crippen LogP contribution < -0.4 is 4.74 Å². The minimum Gasteiger partial charge on any atom is -0.494 e. The van der Waals surface area contributed by atoms with E-state index >= 15 is 0 Å². The number of amides is 2. The highest BCUT2D eigenvalue weighted by Crippen LogP contribution is 2.33. The number of piperazine rings is 1. The number of halogens is 1. The quantitative estimate of drug-likeness (QED) is 0.719. The van der Waals surface area contributed by atoms with Crippen LogP contribution in [-0.2, 0) is 22.6 Å². The molecule has 2 aliphatic heterocycles. The summed E-state index contributed by atoms with van der Waals surface area (Å²) in [5.41, 5.74) is 3.20. The molecule has 0 aromatic heterocycles. The molecule has 0 aliphatic carbocycles. The number of carbonyl (C=O) groups excluding carboxylic acids is 2. The summed E-state index contributed by atoms with van der Waals surface area (Å²) >= 11 is 0. The molecular formula is C25H30FN3O3. The van der Waals surface area contributed by atoms with E-state index in [2.05, 4.69) is 11.0 Å². The molecule has 7 heteroatoms. The van der Waals surface area contributed by atoms with Crippen molar-refractivity contribution in [2.75, 3.05) is 39.8 Å². The number of ether oxygens (including phenoxy) is 1. The predicted octanol–water partition coefficient (Wildman–Crippen LogP) is 3.01. The highest BCUT2D eigenvalue weighted by molar-refractivity contribution is 5.80. The van der Waals surface area contributed by atoms with Gasteiger partial charge in [0.15, 0.2) is 11.6 Å². The van der Waals surface area contributed by atoms with Gasteiger partial charge in [-0.1, -0.05) is 30.3 Å². The molecule has 6 nitrogen and oxygen atoms in total. The Balaban J connectivity index is 1.36. The van der Waals surface area contributed by atoms with Crippen molar-refractivity contribution in [3.63, 3.8) is 0 Å². The zero-order valence-corrected chi connectivity index (χ0v) is 18.7. The molecule has 32 heavy (non-hydrogen) atoms. The third-order valence-corrected chi connectivity index (χ3v) is 6.53. The van der Waals surface area contributed by atoms with Crippen LogP contribution in [0.15, 0.2) is 42.5 Å². The van der Waals surface area contributed by atoms with Gasteiger partial charge in [-0.3, -0.25) is 14.5 Å². The first kappa shape index (κ1) is 22.3. The molecule has 0 saturated carbocycles. The normalized spacial score (nSPS) is 18.9. The van der Waals surface area contributed by atoms with Crippen LogP contribution in [-0.4, -0.2) is 66.3 Å². The predicted molar refractivity (Wildman–Crippen MR) is 120 cm³/mol. The van der Waals surface area contributed by atoms with Gasteiger partial charge in [0, 0.05) is 46.2 Å². The van der Waals surface area contributed by atoms with Crippen LogP contribution in [0.4, 0.5) is 4.39 Å². The fourth-order valence-electron chi connectivity index (χ4n) is 4.76. The van der Waals surface area contributed by atoms with Crippen molar-refractivity contribution in [1.29, 1.82) is 0 Å². The maximum atomic E-state index is 14.0. The summed E-state index contributed by atoms with van der Waals surface area (Å²) in [4.78, 5) is 31.3. The Morgan fingerprint density at radius 2 is 1.81 bits per heavy atom. The molecule has 170 valence electrons. The molecule has 1 saturated heterocycles. The lowest BCUT2D eigenvalue weighted by atomic mass is 9.90. The van der Waals surface area contributed by atoms with Crippen molar-refractivity contribution in [2.24, 2.45) is 0 Å². The van der Waals surface area contributed by atoms with Gasteiger partial charge >= 0.3 is 0 Å². The molecule has 0 spiro atoms. The SMILES string of the molecule is COc1ccc(CN2CCN(C(=O)CC3c4ccccc4CCN3C(C)=O)CC2)cc1F. The monoisotopic (exact) mass is 439 g/mol. The molecule has 2 heterocycles. The van der Waals surface area contributed by atoms with Gasteiger partial charge in [0.1, 0.15) is 0 Å². The standard InChI is InChI=1S/C25H30FN3O3/c1-18(30)29-10-9-20-5-3-4-6-21(20)23(29)16-25(31)28-13-11-27(12-14-28)17-19-7-8-24(32-2)22(26)15-19/h3-8,15,23H,9-14,16-17H2,1-2H3. The first-order chi connectivity index (χ1) is 15.5. The number of carbonyl (C=O) groups is 2. The van der Waals surface area contributed by atoms with Crippen LogP contribution >= 0.6 is 0 Å². The van der Waals surface area contributed by atoms with Gasteiger partial charge in [-0.05, 0) is 35.2 Å². The molecule has 2 aliphatic rings. The third-order valence-electron chi connectivity index (χ3n) is 6.53. The third kappa shape index (κ3) is 4.78. The van der Waals surface area contributed by atoms with Gasteiger partial charge in [-0.15, -0.1) is 0 Å². The van der Waals surface area contributed by atoms with Crippen molar-refractivity contribution >= 4 is 11.8 Å². The second-order valence-corrected chi connectivity index (χ2v) is 8.51. The lowest BCUT2D eigenvalue weighted by Gasteiger charge is -2.39. The van der Waals surface area contributed by atoms with Crippen LogP contribution in [0, 0.1) is 5.82 Å². The second-order valence-electron chi connectivity index (χ2n) is 8.51. The van der Waals surface area contributed by atoms with Crippen molar-refractivity contribution in [3.05, 3.63) is 65.0 Å². The molecule has 0 radical (unpaired) electrons. The largest absolute Gasteiger partial charge is 0.494 e. The average Bonchev–Trinajstić information content (AvgIpc) is 2.79. The van der Waals surface area contributed by atoms with E-state index in [0.717, 1.165) is 30.6 Å². The fraction of sp³-hybridized carbons (Fsp3) is 0.440. The van der Waals surface area contributed by atoms with Crippen LogP contribution in [0.2, 0.25) is 0 Å². The van der Waals surface area contributed by atoms with Crippen molar-refractivity contribution < 1.29 is 18.7 Å². The van der Waals surface area contributed by atoms with Crippen LogP contribution in [0.5, 0.6) is 5.75 Å². The fourth-order valence-corrected chi connectivity index (χ4v) is 4.76. The maximum absolute atomic E-state index is 14.0. The Hall–Kier alpha value is -2.93. The lowest BCUT2D eigenvalue weighted by molar-refractivity contribution is -0.137. The van der Waals surface area contributed by atoms with Gasteiger partial charge < -0.3 is 14.5 Å². The van der Waals surface area contributed by atoms with E-state index < -0.39 is 0 Å². The minimum atomic E-state index is -0.360. The highest BCUT2D eigenvalue weighted by Gasteiger charge is 2.32. The summed E-state index contributed by atoms with van der Waals surface area (Å²) < 4.78 is 18.9. The van der Waals surface area contributed by atoms with Crippen molar-refractivity contribution in [3.8, 4) is 5.75 Å². The molecule has 0 N–H and O–H groups in total. The maximum Gasteiger partial charge on any atom is 0.225 e. The van der Waals surface area contributed by atoms with Gasteiger partial charge in [0.2, 0.25) is 11.8 Å². The summed E-state index contributed by atoms with van der Waals surface area (Å²) in [7, 11) is 1.45. The molecule has 1 unspecified atom stereocenters. The molecule has 2 amide bonds. The first-order valence-electron chi connectivity index (χ1n) is 11.1. The summed E-state index contributed by atoms with van der Waals surface area (Å²) in [6, 6.07) is 12.9. The Kier molecular flexibility index (Phi) is 6.74. The highest BCUT2D eigenvalue weighted by atomic mass is 19.1. The van der Waals surface area contributed by atoms with Crippen LogP contribution in [0.1, 0.15) is 36.1 Å². The number of hydrogen-bond acceptors (Lipinski definition) is 4. The average molecular weight is 440 g/mol. The molecule has 0 bridgehead atoms. The van der Waals surface area contributed by atoms with Gasteiger partial charge in [-0.2, -0.15) is 0 Å². The van der Waals surface area contributed by atoms with Gasteiger partial charge in [-0.25, -0.2) is 4.39 Å². The Bertz CT molecular complexity index is 988. The number of fused-ring (bicyclic) bond motifs is 1. The van der Waals surface area contributed by atoms with E-state index in [-0.39, 0.29) is 29.4 Å². The number of hydrogen-bond donors (Lipinski definition) is 0. The van der Waals surface area contributed by atoms with E-state index in [4.69, 9.17) is 4.74 Å². The van der Waals surface area contributed by atoms with E-state index in [1.807, 2.05) is 34.1 Å². The van der Waals surface area contributed by atoms with Gasteiger partial charge in [0.05, 0.1) is 19.6 Å². The van der Waals surface area contributed by atoms with Crippen LogP contribution in [0.3, 0.4) is 0 Å². The Labute approximate surface area is 188 Å². The van der Waals surface area contributed by atoms with E-state index in [1.54, 1.807) is 13.0 Å². The van der Waals surface area contributed by atoms with Crippen molar-refractivity contribution in [2.45, 2.75) is 32.4 Å². The zero-order chi connectivity index (χ0) is 22.7. The number of nitrogens with zero attached hydrogens (tertiary/aromatic N) is 3. The summed E-state index contributed by atoms with van der Waals surface area (Å²) in [5, 5.41) is 0. The molecule has 4 rings (SSSR count). The lowest BCUT2D eigenvalue weighted by Crippen LogP contribution is -2.49. The summed E-state index contributed by atoms with van der Waals surface area (Å²) in [6.07, 6.45) is 1.13. The van der Waals surface area contributed by atoms with E-state index in [0.29, 0.717) is 32.6 Å². The van der Waals surface area contributed by atoms with E-state index in [1.165, 1.54) is 18.7 Å². The molecule has 2 aromatic rings. The Morgan fingerprint density at radius 1 is 1.06 bits per heavy atom. The smallest absolute Gasteiger partial charge is 0.225 e. The zero-order valence-electron chi connectivity index (χ0n) is 18.7. The van der Waals surface area contributed by atoms with Crippen molar-refractivity contribution in [1.82, 2.24) is 14.7 Å². The minimum absolute atomic E-state index is 0.00819. The topological polar surface area (TPSA) is 53.1 Å². The summed E-state index contributed by atoms with van der Waals surface area (Å²) in [6.45, 7) is 5.59. The number of benzene rings is 2. The second kappa shape index (κ2) is 9.69. The molecule has 1 fully saturated rings.